The number of hydrogen-bond acceptors (Lipinski definition) is 6. The van der Waals surface area contributed by atoms with Gasteiger partial charge < -0.3 is 13.8 Å². The second-order valence-electron chi connectivity index (χ2n) is 7.15. The van der Waals surface area contributed by atoms with E-state index in [0.717, 1.165) is 18.5 Å². The van der Waals surface area contributed by atoms with Crippen LogP contribution >= 0.6 is 0 Å². The van der Waals surface area contributed by atoms with Gasteiger partial charge in [0, 0.05) is 24.7 Å². The molecular formula is C23H23N3O4S. The molecular weight excluding hydrogens is 414 g/mol. The first-order valence-corrected chi connectivity index (χ1v) is 11.2. The number of thiol groups is 1. The Morgan fingerprint density at radius 3 is 2.39 bits per heavy atom. The van der Waals surface area contributed by atoms with Crippen LogP contribution in [-0.4, -0.2) is 33.3 Å². The third-order valence-electron chi connectivity index (χ3n) is 4.94. The van der Waals surface area contributed by atoms with Crippen LogP contribution < -0.4 is 8.92 Å². The molecule has 0 N–H and O–H groups in total. The number of carbonyl (C=O) groups is 1. The van der Waals surface area contributed by atoms with E-state index < -0.39 is 10.9 Å². The van der Waals surface area contributed by atoms with Crippen molar-refractivity contribution in [3.05, 3.63) is 84.7 Å². The molecule has 1 aliphatic heterocycles. The molecule has 3 aromatic rings. The average molecular weight is 438 g/mol. The summed E-state index contributed by atoms with van der Waals surface area (Å²) < 4.78 is 26.9. The molecule has 8 heteroatoms. The Morgan fingerprint density at radius 2 is 1.71 bits per heavy atom. The van der Waals surface area contributed by atoms with Crippen molar-refractivity contribution in [1.82, 2.24) is 9.88 Å². The number of likely N-dealkylation sites (tertiary alicyclic amines) is 1. The molecule has 160 valence electrons. The van der Waals surface area contributed by atoms with E-state index in [4.69, 9.17) is 8.92 Å². The van der Waals surface area contributed by atoms with E-state index in [1.807, 2.05) is 30.3 Å². The quantitative estimate of drug-likeness (QED) is 0.583. The minimum Gasteiger partial charge on any atom is -0.410 e. The minimum absolute atomic E-state index is 0.112. The first-order chi connectivity index (χ1) is 15.2. The molecule has 2 unspecified atom stereocenters. The van der Waals surface area contributed by atoms with Crippen molar-refractivity contribution >= 4 is 22.7 Å². The summed E-state index contributed by atoms with van der Waals surface area (Å²) in [5.74, 6) is 1.15. The van der Waals surface area contributed by atoms with Crippen LogP contribution in [0.5, 0.6) is 11.5 Å². The predicted octanol–water partition coefficient (Wildman–Crippen LogP) is 4.75. The van der Waals surface area contributed by atoms with Crippen molar-refractivity contribution < 1.29 is 17.9 Å². The van der Waals surface area contributed by atoms with Crippen molar-refractivity contribution in [3.8, 4) is 11.5 Å². The summed E-state index contributed by atoms with van der Waals surface area (Å²) in [6.45, 7) is 1.20. The normalized spacial score (nSPS) is 17.2. The highest BCUT2D eigenvalue weighted by Gasteiger charge is 2.26. The van der Waals surface area contributed by atoms with E-state index in [0.29, 0.717) is 30.3 Å². The lowest BCUT2D eigenvalue weighted by atomic mass is 9.94. The van der Waals surface area contributed by atoms with Crippen LogP contribution in [0, 0.1) is 0 Å². The first-order valence-electron chi connectivity index (χ1n) is 10.1. The zero-order valence-corrected chi connectivity index (χ0v) is 17.7. The lowest BCUT2D eigenvalue weighted by Crippen LogP contribution is -2.40. The number of aromatic nitrogens is 1. The fourth-order valence-electron chi connectivity index (χ4n) is 3.42. The second kappa shape index (κ2) is 10.1. The highest BCUT2D eigenvalue weighted by molar-refractivity contribution is 7.70. The number of pyridine rings is 1. The van der Waals surface area contributed by atoms with Crippen LogP contribution in [0.4, 0.5) is 10.5 Å². The maximum Gasteiger partial charge on any atom is 0.415 e. The van der Waals surface area contributed by atoms with Crippen molar-refractivity contribution in [1.29, 1.82) is 0 Å². The van der Waals surface area contributed by atoms with Gasteiger partial charge >= 0.3 is 6.09 Å². The van der Waals surface area contributed by atoms with Crippen LogP contribution in [0.1, 0.15) is 24.5 Å². The average Bonchev–Trinajstić information content (AvgIpc) is 2.81. The Balaban J connectivity index is 1.37. The van der Waals surface area contributed by atoms with Crippen molar-refractivity contribution in [2.75, 3.05) is 13.1 Å². The number of ether oxygens (including phenoxy) is 1. The lowest BCUT2D eigenvalue weighted by Gasteiger charge is -2.31. The molecule has 31 heavy (non-hydrogen) atoms. The molecule has 2 atom stereocenters. The Hall–Kier alpha value is -3.39. The minimum atomic E-state index is -2.23. The number of piperidine rings is 1. The van der Waals surface area contributed by atoms with E-state index >= 15 is 0 Å². The summed E-state index contributed by atoms with van der Waals surface area (Å²) in [6.07, 6.45) is 3.04. The maximum absolute atomic E-state index is 12.5. The van der Waals surface area contributed by atoms with Gasteiger partial charge in [-0.25, -0.2) is 9.00 Å². The molecule has 0 saturated carbocycles. The van der Waals surface area contributed by atoms with Gasteiger partial charge in [-0.3, -0.25) is 4.98 Å². The number of benzene rings is 2. The van der Waals surface area contributed by atoms with E-state index in [-0.39, 0.29) is 12.0 Å². The van der Waals surface area contributed by atoms with Gasteiger partial charge in [0.2, 0.25) is 0 Å². The van der Waals surface area contributed by atoms with E-state index in [1.54, 1.807) is 53.6 Å². The van der Waals surface area contributed by atoms with E-state index in [2.05, 4.69) is 9.35 Å². The number of amides is 1. The first kappa shape index (κ1) is 20.9. The van der Waals surface area contributed by atoms with Gasteiger partial charge in [-0.05, 0) is 49.2 Å². The molecule has 0 spiro atoms. The topological polar surface area (TPSA) is 81.1 Å². The van der Waals surface area contributed by atoms with Crippen LogP contribution in [0.2, 0.25) is 0 Å². The van der Waals surface area contributed by atoms with Crippen molar-refractivity contribution in [3.63, 3.8) is 0 Å². The fourth-order valence-corrected chi connectivity index (χ4v) is 4.07. The number of carbonyl (C=O) groups excluding carboxylic acids is 1. The van der Waals surface area contributed by atoms with Gasteiger partial charge in [0.05, 0.1) is 11.9 Å². The van der Waals surface area contributed by atoms with Crippen LogP contribution in [-0.2, 0) is 10.9 Å². The Morgan fingerprint density at radius 1 is 1.00 bits per heavy atom. The summed E-state index contributed by atoms with van der Waals surface area (Å²) in [4.78, 5) is 18.7. The molecule has 7 nitrogen and oxygen atoms in total. The Labute approximate surface area is 183 Å². The molecule has 1 aromatic heterocycles. The van der Waals surface area contributed by atoms with Gasteiger partial charge in [0.25, 0.3) is 0 Å². The molecule has 1 fully saturated rings. The third kappa shape index (κ3) is 5.82. The molecule has 0 radical (unpaired) electrons. The molecule has 2 heterocycles. The Kier molecular flexibility index (Phi) is 6.78. The molecule has 0 bridgehead atoms. The van der Waals surface area contributed by atoms with Gasteiger partial charge in [-0.1, -0.05) is 36.4 Å². The monoisotopic (exact) mass is 437 g/mol. The van der Waals surface area contributed by atoms with E-state index in [1.165, 1.54) is 0 Å². The maximum atomic E-state index is 12.5. The molecule has 4 rings (SSSR count). The summed E-state index contributed by atoms with van der Waals surface area (Å²) in [5.41, 5.74) is 1.35. The van der Waals surface area contributed by atoms with Gasteiger partial charge in [-0.15, -0.1) is 0 Å². The zero-order valence-electron chi connectivity index (χ0n) is 16.8. The van der Waals surface area contributed by atoms with Gasteiger partial charge in [0.1, 0.15) is 11.5 Å². The standard InChI is InChI=1S/C23H23N3O4S/c27-23(29-20-9-3-1-4-10-20)26-15-7-8-18(17-26)22-14-13-19(16-24-22)25-31(28)30-21-11-5-2-6-12-21/h1-6,9-14,16,18,31H,7-8,15,17H2. The molecule has 0 aliphatic carbocycles. The zero-order chi connectivity index (χ0) is 21.5. The molecule has 1 saturated heterocycles. The molecule has 1 amide bonds. The Bertz CT molecular complexity index is 1080. The van der Waals surface area contributed by atoms with Gasteiger partial charge in [-0.2, -0.15) is 4.36 Å². The SMILES string of the molecule is O=C(Oc1ccccc1)N1CCCC(c2ccc(N=[SH](=O)Oc3ccccc3)cn2)C1. The largest absolute Gasteiger partial charge is 0.415 e. The van der Waals surface area contributed by atoms with Crippen molar-refractivity contribution in [2.24, 2.45) is 4.36 Å². The predicted molar refractivity (Wildman–Crippen MR) is 119 cm³/mol. The highest BCUT2D eigenvalue weighted by Crippen LogP contribution is 2.27. The van der Waals surface area contributed by atoms with Crippen LogP contribution in [0.3, 0.4) is 0 Å². The fraction of sp³-hybridized carbons (Fsp3) is 0.217. The summed E-state index contributed by atoms with van der Waals surface area (Å²) in [5, 5.41) is 0. The van der Waals surface area contributed by atoms with Crippen molar-refractivity contribution in [2.45, 2.75) is 18.8 Å². The number of rotatable bonds is 5. The second-order valence-corrected chi connectivity index (χ2v) is 8.01. The number of hydrogen-bond donors (Lipinski definition) is 1. The third-order valence-corrected chi connectivity index (χ3v) is 5.70. The smallest absolute Gasteiger partial charge is 0.410 e. The highest BCUT2D eigenvalue weighted by atomic mass is 32.2. The van der Waals surface area contributed by atoms with Gasteiger partial charge in [0.15, 0.2) is 10.9 Å². The number of para-hydroxylation sites is 2. The lowest BCUT2D eigenvalue weighted by molar-refractivity contribution is 0.136. The van der Waals surface area contributed by atoms with E-state index in [9.17, 15) is 9.00 Å². The molecule has 2 aromatic carbocycles. The van der Waals surface area contributed by atoms with Crippen LogP contribution in [0.15, 0.2) is 83.4 Å². The summed E-state index contributed by atoms with van der Waals surface area (Å²) in [7, 11) is -2.23. The van der Waals surface area contributed by atoms with Crippen LogP contribution in [0.25, 0.3) is 0 Å². The number of nitrogens with zero attached hydrogens (tertiary/aromatic N) is 3. The summed E-state index contributed by atoms with van der Waals surface area (Å²) >= 11 is 0. The molecule has 1 aliphatic rings. The summed E-state index contributed by atoms with van der Waals surface area (Å²) in [6, 6.07) is 21.6.